The van der Waals surface area contributed by atoms with Crippen LogP contribution in [0.25, 0.3) is 0 Å². The van der Waals surface area contributed by atoms with Gasteiger partial charge in [0.25, 0.3) is 17.5 Å². The van der Waals surface area contributed by atoms with Crippen molar-refractivity contribution < 1.29 is 29.1 Å². The number of non-ortho nitro benzene ring substituents is 1. The second-order valence-corrected chi connectivity index (χ2v) is 6.58. The van der Waals surface area contributed by atoms with Gasteiger partial charge in [-0.05, 0) is 36.4 Å². The van der Waals surface area contributed by atoms with Gasteiger partial charge in [-0.1, -0.05) is 0 Å². The summed E-state index contributed by atoms with van der Waals surface area (Å²) in [7, 11) is 0. The average molecular weight is 415 g/mol. The first-order valence-electron chi connectivity index (χ1n) is 9.27. The molecule has 0 aromatic heterocycles. The highest BCUT2D eigenvalue weighted by atomic mass is 16.6. The van der Waals surface area contributed by atoms with Gasteiger partial charge in [0.1, 0.15) is 17.2 Å². The Hall–Kier alpha value is -3.82. The lowest BCUT2D eigenvalue weighted by atomic mass is 10.3. The van der Waals surface area contributed by atoms with Crippen molar-refractivity contribution in [2.45, 2.75) is 0 Å². The molecule has 0 saturated carbocycles. The Morgan fingerprint density at radius 3 is 1.63 bits per heavy atom. The lowest BCUT2D eigenvalue weighted by Crippen LogP contribution is -2.52. The van der Waals surface area contributed by atoms with E-state index in [1.807, 2.05) is 0 Å². The topological polar surface area (TPSA) is 122 Å². The van der Waals surface area contributed by atoms with Gasteiger partial charge < -0.3 is 24.4 Å². The van der Waals surface area contributed by atoms with E-state index in [0.717, 1.165) is 0 Å². The third-order valence-corrected chi connectivity index (χ3v) is 4.59. The molecule has 30 heavy (non-hydrogen) atoms. The SMILES string of the molecule is O=C(COc1ccc(O)cc1)N1CCN(C(=O)COc2ccc([N+](=O)[O-])cc2)CC1. The second kappa shape index (κ2) is 9.59. The van der Waals surface area contributed by atoms with Gasteiger partial charge in [0.05, 0.1) is 4.92 Å². The van der Waals surface area contributed by atoms with E-state index in [0.29, 0.717) is 37.7 Å². The summed E-state index contributed by atoms with van der Waals surface area (Å²) in [5, 5.41) is 19.9. The van der Waals surface area contributed by atoms with Crippen LogP contribution in [0.3, 0.4) is 0 Å². The summed E-state index contributed by atoms with van der Waals surface area (Å²) in [4.78, 5) is 38.0. The molecular formula is C20H21N3O7. The number of nitrogens with zero attached hydrogens (tertiary/aromatic N) is 3. The Balaban J connectivity index is 1.39. The molecule has 2 amide bonds. The van der Waals surface area contributed by atoms with Gasteiger partial charge in [0, 0.05) is 38.3 Å². The fraction of sp³-hybridized carbons (Fsp3) is 0.300. The van der Waals surface area contributed by atoms with Gasteiger partial charge in [-0.25, -0.2) is 0 Å². The number of ether oxygens (including phenoxy) is 2. The van der Waals surface area contributed by atoms with E-state index in [1.165, 1.54) is 36.4 Å². The first kappa shape index (κ1) is 20.9. The van der Waals surface area contributed by atoms with Crippen molar-refractivity contribution in [1.82, 2.24) is 9.80 Å². The molecule has 10 heteroatoms. The fourth-order valence-electron chi connectivity index (χ4n) is 2.88. The minimum Gasteiger partial charge on any atom is -0.508 e. The quantitative estimate of drug-likeness (QED) is 0.536. The molecule has 2 aromatic rings. The summed E-state index contributed by atoms with van der Waals surface area (Å²) in [6, 6.07) is 11.6. The number of benzene rings is 2. The van der Waals surface area contributed by atoms with Gasteiger partial charge in [-0.2, -0.15) is 0 Å². The van der Waals surface area contributed by atoms with Crippen LogP contribution in [-0.2, 0) is 9.59 Å². The van der Waals surface area contributed by atoms with Crippen LogP contribution in [0.1, 0.15) is 0 Å². The normalized spacial score (nSPS) is 13.6. The van der Waals surface area contributed by atoms with Crippen LogP contribution in [0.2, 0.25) is 0 Å². The predicted octanol–water partition coefficient (Wildman–Crippen LogP) is 1.43. The van der Waals surface area contributed by atoms with Crippen molar-refractivity contribution in [3.8, 4) is 17.2 Å². The molecule has 3 rings (SSSR count). The molecule has 0 radical (unpaired) electrons. The summed E-state index contributed by atoms with van der Waals surface area (Å²) < 4.78 is 10.8. The van der Waals surface area contributed by atoms with E-state index in [-0.39, 0.29) is 36.5 Å². The van der Waals surface area contributed by atoms with Crippen LogP contribution in [-0.4, -0.2) is 71.0 Å². The Morgan fingerprint density at radius 1 is 0.833 bits per heavy atom. The van der Waals surface area contributed by atoms with Crippen LogP contribution in [0.4, 0.5) is 5.69 Å². The standard InChI is InChI=1S/C20H21N3O7/c24-16-3-7-18(8-4-16)30-14-20(26)22-11-9-21(10-12-22)19(25)13-29-17-5-1-15(2-6-17)23(27)28/h1-8,24H,9-14H2. The third kappa shape index (κ3) is 5.60. The zero-order valence-corrected chi connectivity index (χ0v) is 16.1. The van der Waals surface area contributed by atoms with Crippen molar-refractivity contribution in [3.05, 3.63) is 58.6 Å². The molecule has 1 saturated heterocycles. The number of phenols is 1. The van der Waals surface area contributed by atoms with Crippen LogP contribution in [0.15, 0.2) is 48.5 Å². The Kier molecular flexibility index (Phi) is 6.68. The molecule has 1 aliphatic rings. The van der Waals surface area contributed by atoms with E-state index in [1.54, 1.807) is 21.9 Å². The molecule has 158 valence electrons. The lowest BCUT2D eigenvalue weighted by Gasteiger charge is -2.34. The number of hydrogen-bond donors (Lipinski definition) is 1. The van der Waals surface area contributed by atoms with E-state index >= 15 is 0 Å². The summed E-state index contributed by atoms with van der Waals surface area (Å²) >= 11 is 0. The van der Waals surface area contributed by atoms with Crippen molar-refractivity contribution in [2.24, 2.45) is 0 Å². The summed E-state index contributed by atoms with van der Waals surface area (Å²) in [5.74, 6) is 0.567. The number of nitro benzene ring substituents is 1. The first-order chi connectivity index (χ1) is 14.4. The largest absolute Gasteiger partial charge is 0.508 e. The van der Waals surface area contributed by atoms with Gasteiger partial charge >= 0.3 is 0 Å². The van der Waals surface area contributed by atoms with Crippen LogP contribution >= 0.6 is 0 Å². The minimum atomic E-state index is -0.508. The van der Waals surface area contributed by atoms with Crippen molar-refractivity contribution in [1.29, 1.82) is 0 Å². The number of carbonyl (C=O) groups excluding carboxylic acids is 2. The first-order valence-corrected chi connectivity index (χ1v) is 9.27. The Bertz CT molecular complexity index is 892. The van der Waals surface area contributed by atoms with Crippen LogP contribution in [0, 0.1) is 10.1 Å². The zero-order valence-electron chi connectivity index (χ0n) is 16.1. The van der Waals surface area contributed by atoms with Crippen LogP contribution < -0.4 is 9.47 Å². The minimum absolute atomic E-state index is 0.0520. The Morgan fingerprint density at radius 2 is 1.23 bits per heavy atom. The van der Waals surface area contributed by atoms with Crippen molar-refractivity contribution >= 4 is 17.5 Å². The summed E-state index contributed by atoms with van der Waals surface area (Å²) in [6.45, 7) is 1.24. The van der Waals surface area contributed by atoms with Crippen molar-refractivity contribution in [2.75, 3.05) is 39.4 Å². The highest BCUT2D eigenvalue weighted by Crippen LogP contribution is 2.18. The average Bonchev–Trinajstić information content (AvgIpc) is 2.77. The molecule has 0 unspecified atom stereocenters. The van der Waals surface area contributed by atoms with E-state index < -0.39 is 4.92 Å². The van der Waals surface area contributed by atoms with Crippen molar-refractivity contribution in [3.63, 3.8) is 0 Å². The lowest BCUT2D eigenvalue weighted by molar-refractivity contribution is -0.384. The molecule has 1 fully saturated rings. The molecule has 1 aliphatic heterocycles. The number of phenolic OH excluding ortho intramolecular Hbond substituents is 1. The highest BCUT2D eigenvalue weighted by Gasteiger charge is 2.24. The van der Waals surface area contributed by atoms with Gasteiger partial charge in [-0.3, -0.25) is 19.7 Å². The molecule has 0 bridgehead atoms. The number of rotatable bonds is 7. The molecular weight excluding hydrogens is 394 g/mol. The maximum atomic E-state index is 12.3. The van der Waals surface area contributed by atoms with E-state index in [4.69, 9.17) is 9.47 Å². The van der Waals surface area contributed by atoms with E-state index in [2.05, 4.69) is 0 Å². The Labute approximate surface area is 172 Å². The number of piperazine rings is 1. The number of amides is 2. The fourth-order valence-corrected chi connectivity index (χ4v) is 2.88. The molecule has 10 nitrogen and oxygen atoms in total. The number of hydrogen-bond acceptors (Lipinski definition) is 7. The van der Waals surface area contributed by atoms with Gasteiger partial charge in [-0.15, -0.1) is 0 Å². The van der Waals surface area contributed by atoms with Gasteiger partial charge in [0.2, 0.25) is 0 Å². The molecule has 0 aliphatic carbocycles. The number of aromatic hydroxyl groups is 1. The summed E-state index contributed by atoms with van der Waals surface area (Å²) in [5.41, 5.74) is -0.0520. The number of nitro groups is 1. The monoisotopic (exact) mass is 415 g/mol. The molecule has 0 spiro atoms. The molecule has 1 heterocycles. The molecule has 0 atom stereocenters. The second-order valence-electron chi connectivity index (χ2n) is 6.58. The van der Waals surface area contributed by atoms with Crippen LogP contribution in [0.5, 0.6) is 17.2 Å². The molecule has 1 N–H and O–H groups in total. The summed E-state index contributed by atoms with van der Waals surface area (Å²) in [6.07, 6.45) is 0. The number of carbonyl (C=O) groups is 2. The smallest absolute Gasteiger partial charge is 0.269 e. The maximum absolute atomic E-state index is 12.3. The zero-order chi connectivity index (χ0) is 21.5. The van der Waals surface area contributed by atoms with E-state index in [9.17, 15) is 24.8 Å². The third-order valence-electron chi connectivity index (χ3n) is 4.59. The highest BCUT2D eigenvalue weighted by molar-refractivity contribution is 5.80. The maximum Gasteiger partial charge on any atom is 0.269 e. The predicted molar refractivity (Wildman–Crippen MR) is 105 cm³/mol. The van der Waals surface area contributed by atoms with Gasteiger partial charge in [0.15, 0.2) is 13.2 Å². The molecule has 2 aromatic carbocycles.